The van der Waals surface area contributed by atoms with Gasteiger partial charge in [0.15, 0.2) is 5.75 Å². The zero-order chi connectivity index (χ0) is 15.7. The molecule has 1 heterocycles. The number of nitrogens with zero attached hydrogens (tertiary/aromatic N) is 1. The molecule has 0 amide bonds. The normalized spacial score (nSPS) is 10.6. The minimum absolute atomic E-state index is 0.146. The van der Waals surface area contributed by atoms with Crippen LogP contribution in [0.15, 0.2) is 54.6 Å². The van der Waals surface area contributed by atoms with Gasteiger partial charge in [0.1, 0.15) is 0 Å². The van der Waals surface area contributed by atoms with Gasteiger partial charge in [0.05, 0.1) is 11.2 Å². The Morgan fingerprint density at radius 1 is 0.955 bits per heavy atom. The lowest BCUT2D eigenvalue weighted by Crippen LogP contribution is -2.13. The van der Waals surface area contributed by atoms with Crippen molar-refractivity contribution in [3.8, 4) is 5.75 Å². The fourth-order valence-electron chi connectivity index (χ4n) is 2.58. The fraction of sp³-hybridized carbons (Fsp3) is 0.111. The Hall–Kier alpha value is -2.88. The average molecular weight is 293 g/mol. The number of para-hydroxylation sites is 1. The molecular formula is C18H15NO3. The molecule has 0 saturated carbocycles. The topological polar surface area (TPSA) is 48.3 Å². The Kier molecular flexibility index (Phi) is 3.51. The number of benzene rings is 2. The van der Waals surface area contributed by atoms with Crippen LogP contribution in [-0.4, -0.2) is 16.4 Å². The summed E-state index contributed by atoms with van der Waals surface area (Å²) in [6.45, 7) is 3.13. The second-order valence-electron chi connectivity index (χ2n) is 5.03. The smallest absolute Gasteiger partial charge is 0.308 e. The van der Waals surface area contributed by atoms with Gasteiger partial charge < -0.3 is 4.74 Å². The van der Waals surface area contributed by atoms with E-state index in [4.69, 9.17) is 4.74 Å². The predicted molar refractivity (Wildman–Crippen MR) is 84.2 cm³/mol. The van der Waals surface area contributed by atoms with Gasteiger partial charge in [-0.1, -0.05) is 30.3 Å². The van der Waals surface area contributed by atoms with E-state index in [1.165, 1.54) is 6.92 Å². The maximum absolute atomic E-state index is 12.8. The summed E-state index contributed by atoms with van der Waals surface area (Å²) in [5.74, 6) is -0.113. The number of carbonyl (C=O) groups excluding carboxylic acids is 2. The number of esters is 1. The van der Waals surface area contributed by atoms with E-state index in [1.54, 1.807) is 23.6 Å². The Morgan fingerprint density at radius 2 is 1.59 bits per heavy atom. The molecule has 0 atom stereocenters. The summed E-state index contributed by atoms with van der Waals surface area (Å²) in [5.41, 5.74) is 1.93. The van der Waals surface area contributed by atoms with Crippen molar-refractivity contribution in [3.05, 3.63) is 65.9 Å². The predicted octanol–water partition coefficient (Wildman–Crippen LogP) is 3.56. The monoisotopic (exact) mass is 293 g/mol. The molecule has 2 aromatic carbocycles. The van der Waals surface area contributed by atoms with Gasteiger partial charge >= 0.3 is 5.97 Å². The lowest BCUT2D eigenvalue weighted by atomic mass is 10.2. The Bertz CT molecular complexity index is 863. The molecule has 0 aliphatic carbocycles. The van der Waals surface area contributed by atoms with Gasteiger partial charge in [-0.2, -0.15) is 0 Å². The van der Waals surface area contributed by atoms with E-state index < -0.39 is 5.97 Å². The van der Waals surface area contributed by atoms with Gasteiger partial charge in [-0.25, -0.2) is 0 Å². The molecule has 4 nitrogen and oxygen atoms in total. The molecule has 0 spiro atoms. The molecule has 0 N–H and O–H groups in total. The summed E-state index contributed by atoms with van der Waals surface area (Å²) in [6.07, 6.45) is 0. The summed E-state index contributed by atoms with van der Waals surface area (Å²) in [7, 11) is 0. The maximum atomic E-state index is 12.8. The summed E-state index contributed by atoms with van der Waals surface area (Å²) in [4.78, 5) is 24.1. The lowest BCUT2D eigenvalue weighted by Gasteiger charge is -2.07. The Labute approximate surface area is 127 Å². The van der Waals surface area contributed by atoms with Gasteiger partial charge in [-0.05, 0) is 31.2 Å². The quantitative estimate of drug-likeness (QED) is 0.679. The second-order valence-corrected chi connectivity index (χ2v) is 5.03. The highest BCUT2D eigenvalue weighted by molar-refractivity contribution is 6.05. The highest BCUT2D eigenvalue weighted by Crippen LogP contribution is 2.33. The summed E-state index contributed by atoms with van der Waals surface area (Å²) < 4.78 is 6.90. The Balaban J connectivity index is 2.24. The molecule has 110 valence electrons. The van der Waals surface area contributed by atoms with E-state index in [0.29, 0.717) is 17.0 Å². The molecule has 22 heavy (non-hydrogen) atoms. The van der Waals surface area contributed by atoms with Crippen LogP contribution in [0.5, 0.6) is 5.75 Å². The van der Waals surface area contributed by atoms with Crippen LogP contribution >= 0.6 is 0 Å². The van der Waals surface area contributed by atoms with Crippen LogP contribution in [0.3, 0.4) is 0 Å². The molecule has 0 aliphatic heterocycles. The molecule has 3 rings (SSSR count). The fourth-order valence-corrected chi connectivity index (χ4v) is 2.58. The molecule has 4 heteroatoms. The molecule has 0 bridgehead atoms. The number of hydrogen-bond acceptors (Lipinski definition) is 3. The first-order chi connectivity index (χ1) is 10.6. The summed E-state index contributed by atoms with van der Waals surface area (Å²) in [5, 5.41) is 0.750. The zero-order valence-corrected chi connectivity index (χ0v) is 12.4. The highest BCUT2D eigenvalue weighted by atomic mass is 16.5. The first-order valence-corrected chi connectivity index (χ1v) is 6.98. The van der Waals surface area contributed by atoms with E-state index in [2.05, 4.69) is 0 Å². The summed E-state index contributed by atoms with van der Waals surface area (Å²) >= 11 is 0. The van der Waals surface area contributed by atoms with Gasteiger partial charge in [0, 0.05) is 17.9 Å². The van der Waals surface area contributed by atoms with Crippen molar-refractivity contribution in [1.29, 1.82) is 0 Å². The van der Waals surface area contributed by atoms with Gasteiger partial charge in [0.2, 0.25) is 0 Å². The van der Waals surface area contributed by atoms with Crippen molar-refractivity contribution in [3.63, 3.8) is 0 Å². The van der Waals surface area contributed by atoms with Crippen LogP contribution in [0.1, 0.15) is 23.0 Å². The van der Waals surface area contributed by atoms with Crippen LogP contribution in [0.4, 0.5) is 0 Å². The van der Waals surface area contributed by atoms with Crippen LogP contribution in [-0.2, 0) is 4.79 Å². The number of hydrogen-bond donors (Lipinski definition) is 0. The number of rotatable bonds is 2. The van der Waals surface area contributed by atoms with Gasteiger partial charge in [0.25, 0.3) is 5.91 Å². The van der Waals surface area contributed by atoms with Crippen LogP contribution in [0.25, 0.3) is 10.9 Å². The second kappa shape index (κ2) is 5.48. The Morgan fingerprint density at radius 3 is 2.27 bits per heavy atom. The molecule has 1 aromatic heterocycles. The molecule has 0 fully saturated rings. The number of carbonyl (C=O) groups is 2. The van der Waals surface area contributed by atoms with Gasteiger partial charge in [-0.15, -0.1) is 0 Å². The molecule has 0 saturated heterocycles. The zero-order valence-electron chi connectivity index (χ0n) is 12.4. The highest BCUT2D eigenvalue weighted by Gasteiger charge is 2.21. The van der Waals surface area contributed by atoms with Crippen molar-refractivity contribution < 1.29 is 14.3 Å². The van der Waals surface area contributed by atoms with E-state index >= 15 is 0 Å². The SMILES string of the molecule is CC(=O)Oc1c(C)n(C(=O)c2ccccc2)c2ccccc12. The number of fused-ring (bicyclic) bond motifs is 1. The van der Waals surface area contributed by atoms with Crippen LogP contribution < -0.4 is 4.74 Å². The minimum atomic E-state index is -0.404. The van der Waals surface area contributed by atoms with Gasteiger partial charge in [-0.3, -0.25) is 14.2 Å². The largest absolute Gasteiger partial charge is 0.424 e. The third-order valence-electron chi connectivity index (χ3n) is 3.52. The summed E-state index contributed by atoms with van der Waals surface area (Å²) in [6, 6.07) is 16.4. The van der Waals surface area contributed by atoms with Crippen molar-refractivity contribution >= 4 is 22.8 Å². The molecule has 0 radical (unpaired) electrons. The first-order valence-electron chi connectivity index (χ1n) is 6.98. The number of ether oxygens (including phenoxy) is 1. The minimum Gasteiger partial charge on any atom is -0.424 e. The lowest BCUT2D eigenvalue weighted by molar-refractivity contribution is -0.131. The molecular weight excluding hydrogens is 278 g/mol. The van der Waals surface area contributed by atoms with Crippen molar-refractivity contribution in [2.24, 2.45) is 0 Å². The van der Waals surface area contributed by atoms with Crippen molar-refractivity contribution in [2.45, 2.75) is 13.8 Å². The molecule has 0 unspecified atom stereocenters. The molecule has 0 aliphatic rings. The van der Waals surface area contributed by atoms with Crippen molar-refractivity contribution in [2.75, 3.05) is 0 Å². The first kappa shape index (κ1) is 14.1. The van der Waals surface area contributed by atoms with Crippen LogP contribution in [0, 0.1) is 6.92 Å². The third kappa shape index (κ3) is 2.29. The van der Waals surface area contributed by atoms with E-state index in [0.717, 1.165) is 10.9 Å². The van der Waals surface area contributed by atoms with E-state index in [9.17, 15) is 9.59 Å². The standard InChI is InChI=1S/C18H15NO3/c1-12-17(22-13(2)20)15-10-6-7-11-16(15)19(12)18(21)14-8-4-3-5-9-14/h3-11H,1-2H3. The van der Waals surface area contributed by atoms with E-state index in [1.807, 2.05) is 42.5 Å². The van der Waals surface area contributed by atoms with Crippen LogP contribution in [0.2, 0.25) is 0 Å². The van der Waals surface area contributed by atoms with E-state index in [-0.39, 0.29) is 5.91 Å². The third-order valence-corrected chi connectivity index (χ3v) is 3.52. The van der Waals surface area contributed by atoms with Crippen molar-refractivity contribution in [1.82, 2.24) is 4.57 Å². The number of aromatic nitrogens is 1. The molecule has 3 aromatic rings. The maximum Gasteiger partial charge on any atom is 0.308 e. The average Bonchev–Trinajstić information content (AvgIpc) is 2.80.